The Labute approximate surface area is 220 Å². The minimum absolute atomic E-state index is 0.0512. The number of rotatable bonds is 11. The summed E-state index contributed by atoms with van der Waals surface area (Å²) in [6.07, 6.45) is -1.39. The molecule has 0 bridgehead atoms. The zero-order valence-electron chi connectivity index (χ0n) is 20.0. The Morgan fingerprint density at radius 3 is 2.63 bits per heavy atom. The van der Waals surface area contributed by atoms with Crippen LogP contribution in [-0.2, 0) is 18.4 Å². The summed E-state index contributed by atoms with van der Waals surface area (Å²) >= 11 is 6.20. The maximum absolute atomic E-state index is 14.2. The second-order valence-corrected chi connectivity index (χ2v) is 13.5. The van der Waals surface area contributed by atoms with Crippen LogP contribution in [0.3, 0.4) is 0 Å². The van der Waals surface area contributed by atoms with E-state index in [-0.39, 0.29) is 16.5 Å². The highest BCUT2D eigenvalue weighted by atomic mass is 35.5. The van der Waals surface area contributed by atoms with E-state index in [2.05, 4.69) is 15.4 Å². The Kier molecular flexibility index (Phi) is 8.06. The zero-order chi connectivity index (χ0) is 28.0. The molecule has 1 fully saturated rings. The quantitative estimate of drug-likeness (QED) is 0.140. The van der Waals surface area contributed by atoms with Crippen LogP contribution in [0.1, 0.15) is 37.3 Å². The van der Waals surface area contributed by atoms with E-state index in [1.807, 2.05) is 0 Å². The van der Waals surface area contributed by atoms with Gasteiger partial charge in [-0.3, -0.25) is 9.13 Å². The van der Waals surface area contributed by atoms with Crippen molar-refractivity contribution in [3.05, 3.63) is 58.8 Å². The predicted octanol–water partition coefficient (Wildman–Crippen LogP) is 2.79. The van der Waals surface area contributed by atoms with E-state index < -0.39 is 63.5 Å². The van der Waals surface area contributed by atoms with Crippen molar-refractivity contribution in [3.8, 4) is 0 Å². The lowest BCUT2D eigenvalue weighted by molar-refractivity contribution is -0.0993. The van der Waals surface area contributed by atoms with Gasteiger partial charge < -0.3 is 39.5 Å². The van der Waals surface area contributed by atoms with Crippen molar-refractivity contribution >= 4 is 38.1 Å². The van der Waals surface area contributed by atoms with Crippen LogP contribution in [0.15, 0.2) is 36.5 Å². The van der Waals surface area contributed by atoms with E-state index in [4.69, 9.17) is 30.6 Å². The van der Waals surface area contributed by atoms with Gasteiger partial charge in [-0.15, -0.1) is 0 Å². The Hall–Kier alpha value is -1.96. The Morgan fingerprint density at radius 2 is 1.97 bits per heavy atom. The second-order valence-electron chi connectivity index (χ2n) is 9.10. The first-order valence-corrected chi connectivity index (χ1v) is 15.2. The van der Waals surface area contributed by atoms with Gasteiger partial charge in [-0.2, -0.15) is 5.10 Å². The van der Waals surface area contributed by atoms with E-state index in [1.165, 1.54) is 29.8 Å². The highest BCUT2D eigenvalue weighted by molar-refractivity contribution is 7.70. The maximum atomic E-state index is 14.2. The number of ether oxygens (including phenoxy) is 1. The van der Waals surface area contributed by atoms with E-state index in [0.717, 1.165) is 0 Å². The monoisotopic (exact) mass is 594 g/mol. The van der Waals surface area contributed by atoms with Gasteiger partial charge >= 0.3 is 15.2 Å². The zero-order valence-corrected chi connectivity index (χ0v) is 22.6. The molecule has 6 atom stereocenters. The lowest BCUT2D eigenvalue weighted by atomic mass is 9.97. The highest BCUT2D eigenvalue weighted by Crippen LogP contribution is 2.56. The Morgan fingerprint density at radius 1 is 1.29 bits per heavy atom. The molecule has 3 heterocycles. The summed E-state index contributed by atoms with van der Waals surface area (Å²) in [5.41, 5.74) is 1.35. The van der Waals surface area contributed by atoms with E-state index in [0.29, 0.717) is 11.3 Å². The number of hydrogen-bond acceptors (Lipinski definition) is 9. The number of fused-ring (bicyclic) bond motifs is 1. The normalized spacial score (nSPS) is 23.6. The van der Waals surface area contributed by atoms with Crippen molar-refractivity contribution in [1.82, 2.24) is 14.6 Å². The van der Waals surface area contributed by atoms with Gasteiger partial charge in [-0.25, -0.2) is 13.9 Å². The molecule has 0 spiro atoms. The van der Waals surface area contributed by atoms with Crippen molar-refractivity contribution in [1.29, 1.82) is 0 Å². The summed E-state index contributed by atoms with van der Waals surface area (Å²) in [6.45, 7) is 2.53. The number of nitrogens with one attached hydrogen (secondary N) is 1. The fourth-order valence-electron chi connectivity index (χ4n) is 4.04. The standard InChI is InChI=1S/C21H26ClFN4O9P2/c1-11(9-35-38(33,34)10-37(30,31)32)18(28)21(29)19(36-21)16-8-24-20-15(7-17(22)26-27(16)20)25-12(2)13-5-3-4-6-14(13)23/h3-8,11-12,18-19,25,28-29H,9-10H2,1-2H3,(H,33,34)(H2,30,31,32)/t11-,12+,18+,19+,21-/m1/s1. The molecule has 13 nitrogen and oxygen atoms in total. The van der Waals surface area contributed by atoms with Crippen molar-refractivity contribution in [2.24, 2.45) is 5.92 Å². The molecule has 0 radical (unpaired) electrons. The number of epoxide rings is 1. The third kappa shape index (κ3) is 6.26. The van der Waals surface area contributed by atoms with Crippen LogP contribution in [0.4, 0.5) is 10.1 Å². The lowest BCUT2D eigenvalue weighted by Crippen LogP contribution is -2.38. The first-order chi connectivity index (χ1) is 17.6. The number of imidazole rings is 1. The van der Waals surface area contributed by atoms with Gasteiger partial charge in [0, 0.05) is 17.5 Å². The third-order valence-corrected chi connectivity index (χ3v) is 9.61. The number of aromatic nitrogens is 3. The van der Waals surface area contributed by atoms with Crippen LogP contribution >= 0.6 is 26.8 Å². The van der Waals surface area contributed by atoms with Crippen LogP contribution in [0.2, 0.25) is 5.15 Å². The molecule has 0 saturated carbocycles. The number of hydrogen-bond donors (Lipinski definition) is 6. The van der Waals surface area contributed by atoms with Crippen molar-refractivity contribution in [3.63, 3.8) is 0 Å². The maximum Gasteiger partial charge on any atom is 0.340 e. The first kappa shape index (κ1) is 29.0. The van der Waals surface area contributed by atoms with E-state index >= 15 is 0 Å². The minimum atomic E-state index is -4.82. The molecule has 6 N–H and O–H groups in total. The summed E-state index contributed by atoms with van der Waals surface area (Å²) in [4.78, 5) is 31.7. The van der Waals surface area contributed by atoms with Crippen LogP contribution in [0.5, 0.6) is 0 Å². The van der Waals surface area contributed by atoms with Crippen LogP contribution in [-0.4, -0.2) is 63.9 Å². The molecule has 2 aromatic heterocycles. The molecular weight excluding hydrogens is 569 g/mol. The molecule has 17 heteroatoms. The van der Waals surface area contributed by atoms with Gasteiger partial charge in [0.1, 0.15) is 11.9 Å². The van der Waals surface area contributed by atoms with Crippen molar-refractivity contribution in [2.45, 2.75) is 37.9 Å². The summed E-state index contributed by atoms with van der Waals surface area (Å²) in [5.74, 6) is -4.90. The number of aliphatic hydroxyl groups is 2. The molecule has 1 aliphatic heterocycles. The molecule has 0 amide bonds. The summed E-state index contributed by atoms with van der Waals surface area (Å²) in [7, 11) is -9.47. The average molecular weight is 595 g/mol. The Bertz CT molecular complexity index is 1440. The van der Waals surface area contributed by atoms with Gasteiger partial charge in [0.2, 0.25) is 5.79 Å². The van der Waals surface area contributed by atoms with Gasteiger partial charge in [-0.1, -0.05) is 36.7 Å². The summed E-state index contributed by atoms with van der Waals surface area (Å²) < 4.78 is 48.5. The predicted molar refractivity (Wildman–Crippen MR) is 133 cm³/mol. The first-order valence-electron chi connectivity index (χ1n) is 11.3. The molecule has 1 saturated heterocycles. The van der Waals surface area contributed by atoms with Crippen LogP contribution < -0.4 is 5.32 Å². The van der Waals surface area contributed by atoms with Gasteiger partial charge in [0.05, 0.1) is 30.2 Å². The molecule has 208 valence electrons. The number of anilines is 1. The smallest absolute Gasteiger partial charge is 0.340 e. The van der Waals surface area contributed by atoms with E-state index in [9.17, 15) is 28.6 Å². The van der Waals surface area contributed by atoms with Gasteiger partial charge in [0.15, 0.2) is 22.8 Å². The SMILES string of the molecule is C[C@H](Nc1cc(Cl)nn2c([C@@H]3O[C@]3(O)[C@@H](O)[C@H](C)COP(=O)(O)CP(=O)(O)O)cnc12)c1ccccc1F. The fourth-order valence-corrected chi connectivity index (χ4v) is 6.88. The molecule has 3 aromatic rings. The average Bonchev–Trinajstić information content (AvgIpc) is 3.31. The van der Waals surface area contributed by atoms with Crippen LogP contribution in [0.25, 0.3) is 5.65 Å². The lowest BCUT2D eigenvalue weighted by Gasteiger charge is -2.23. The largest absolute Gasteiger partial charge is 0.387 e. The second kappa shape index (κ2) is 10.5. The third-order valence-electron chi connectivity index (χ3n) is 5.97. The van der Waals surface area contributed by atoms with Crippen molar-refractivity contribution < 1.29 is 47.7 Å². The van der Waals surface area contributed by atoms with E-state index in [1.54, 1.807) is 25.1 Å². The fraction of sp³-hybridized carbons (Fsp3) is 0.429. The molecule has 38 heavy (non-hydrogen) atoms. The van der Waals surface area contributed by atoms with Gasteiger partial charge in [-0.05, 0) is 13.0 Å². The topological polar surface area (TPSA) is 199 Å². The number of aliphatic hydroxyl groups excluding tert-OH is 1. The van der Waals surface area contributed by atoms with Crippen molar-refractivity contribution in [2.75, 3.05) is 17.8 Å². The molecule has 1 aliphatic rings. The molecule has 0 aliphatic carbocycles. The molecule has 1 aromatic carbocycles. The molecule has 1 unspecified atom stereocenters. The summed E-state index contributed by atoms with van der Waals surface area (Å²) in [6, 6.07) is 7.30. The Balaban J connectivity index is 1.50. The van der Waals surface area contributed by atoms with Gasteiger partial charge in [0.25, 0.3) is 0 Å². The van der Waals surface area contributed by atoms with Crippen LogP contribution in [0, 0.1) is 11.7 Å². The highest BCUT2D eigenvalue weighted by Gasteiger charge is 2.64. The number of benzene rings is 1. The minimum Gasteiger partial charge on any atom is -0.387 e. The molecular formula is C21H26ClFN4O9P2. The summed E-state index contributed by atoms with van der Waals surface area (Å²) in [5, 5.41) is 28.9. The number of nitrogens with zero attached hydrogens (tertiary/aromatic N) is 3. The number of halogens is 2. The molecule has 4 rings (SSSR count).